The normalized spacial score (nSPS) is 12.7. The Bertz CT molecular complexity index is 337. The second-order valence-corrected chi connectivity index (χ2v) is 6.52. The topological polar surface area (TPSA) is 21.3 Å². The third-order valence-electron chi connectivity index (χ3n) is 2.80. The summed E-state index contributed by atoms with van der Waals surface area (Å²) in [5, 5.41) is 4.23. The molecule has 0 fully saturated rings. The largest absolute Gasteiger partial charge is 0.494 e. The fourth-order valence-corrected chi connectivity index (χ4v) is 2.71. The average Bonchev–Trinajstić information content (AvgIpc) is 2.41. The highest BCUT2D eigenvalue weighted by Crippen LogP contribution is 2.23. The Hall–Kier alpha value is -0.670. The molecule has 0 saturated heterocycles. The quantitative estimate of drug-likeness (QED) is 0.730. The molecule has 0 aromatic heterocycles. The van der Waals surface area contributed by atoms with Crippen LogP contribution in [0.2, 0.25) is 0 Å². The summed E-state index contributed by atoms with van der Waals surface area (Å²) in [5.41, 5.74) is 1.35. The van der Waals surface area contributed by atoms with Crippen LogP contribution in [0, 0.1) is 0 Å². The molecule has 0 aliphatic rings. The van der Waals surface area contributed by atoms with Gasteiger partial charge in [0.15, 0.2) is 0 Å². The zero-order valence-corrected chi connectivity index (χ0v) is 13.4. The number of thioether (sulfide) groups is 1. The molecule has 0 amide bonds. The standard InChI is InChI=1S/C16H27NOS/c1-5-11-18-15-9-7-14(8-10-15)16(17-6-2)12-19-13(3)4/h7-10,13,16-17H,5-6,11-12H2,1-4H3. The van der Waals surface area contributed by atoms with Crippen LogP contribution in [0.4, 0.5) is 0 Å². The van der Waals surface area contributed by atoms with Gasteiger partial charge in [0.1, 0.15) is 5.75 Å². The van der Waals surface area contributed by atoms with E-state index in [1.807, 2.05) is 11.8 Å². The molecule has 0 bridgehead atoms. The van der Waals surface area contributed by atoms with E-state index >= 15 is 0 Å². The molecule has 3 heteroatoms. The van der Waals surface area contributed by atoms with Gasteiger partial charge in [0.05, 0.1) is 6.61 Å². The monoisotopic (exact) mass is 281 g/mol. The van der Waals surface area contributed by atoms with Crippen molar-refractivity contribution in [1.29, 1.82) is 0 Å². The summed E-state index contributed by atoms with van der Waals surface area (Å²) in [5.74, 6) is 2.08. The lowest BCUT2D eigenvalue weighted by atomic mass is 10.1. The molecule has 19 heavy (non-hydrogen) atoms. The van der Waals surface area contributed by atoms with Crippen molar-refractivity contribution in [3.8, 4) is 5.75 Å². The van der Waals surface area contributed by atoms with E-state index in [0.29, 0.717) is 11.3 Å². The van der Waals surface area contributed by atoms with Gasteiger partial charge in [-0.1, -0.05) is 39.8 Å². The molecular formula is C16H27NOS. The lowest BCUT2D eigenvalue weighted by molar-refractivity contribution is 0.317. The summed E-state index contributed by atoms with van der Waals surface area (Å²) in [6, 6.07) is 8.95. The van der Waals surface area contributed by atoms with E-state index in [4.69, 9.17) is 4.74 Å². The van der Waals surface area contributed by atoms with E-state index in [1.54, 1.807) is 0 Å². The SMILES string of the molecule is CCCOc1ccc(C(CSC(C)C)NCC)cc1. The van der Waals surface area contributed by atoms with Gasteiger partial charge in [0.2, 0.25) is 0 Å². The fourth-order valence-electron chi connectivity index (χ4n) is 1.82. The Morgan fingerprint density at radius 1 is 1.16 bits per heavy atom. The van der Waals surface area contributed by atoms with Crippen LogP contribution < -0.4 is 10.1 Å². The van der Waals surface area contributed by atoms with Crippen molar-refractivity contribution < 1.29 is 4.74 Å². The lowest BCUT2D eigenvalue weighted by Gasteiger charge is -2.19. The molecule has 0 aliphatic carbocycles. The number of benzene rings is 1. The van der Waals surface area contributed by atoms with Crippen LogP contribution in [-0.4, -0.2) is 24.2 Å². The van der Waals surface area contributed by atoms with E-state index in [-0.39, 0.29) is 0 Å². The van der Waals surface area contributed by atoms with Crippen LogP contribution in [0.5, 0.6) is 5.75 Å². The third kappa shape index (κ3) is 6.35. The van der Waals surface area contributed by atoms with Gasteiger partial charge in [-0.15, -0.1) is 0 Å². The van der Waals surface area contributed by atoms with Crippen LogP contribution in [0.25, 0.3) is 0 Å². The first kappa shape index (κ1) is 16.4. The number of hydrogen-bond acceptors (Lipinski definition) is 3. The van der Waals surface area contributed by atoms with Gasteiger partial charge < -0.3 is 10.1 Å². The van der Waals surface area contributed by atoms with Crippen LogP contribution >= 0.6 is 11.8 Å². The molecule has 0 heterocycles. The van der Waals surface area contributed by atoms with E-state index in [9.17, 15) is 0 Å². The molecule has 1 N–H and O–H groups in total. The summed E-state index contributed by atoms with van der Waals surface area (Å²) in [6.45, 7) is 10.6. The van der Waals surface area contributed by atoms with Gasteiger partial charge >= 0.3 is 0 Å². The summed E-state index contributed by atoms with van der Waals surface area (Å²) in [4.78, 5) is 0. The molecule has 0 saturated carbocycles. The molecule has 1 aromatic carbocycles. The molecule has 1 atom stereocenters. The third-order valence-corrected chi connectivity index (χ3v) is 3.99. The minimum atomic E-state index is 0.428. The van der Waals surface area contributed by atoms with Crippen molar-refractivity contribution >= 4 is 11.8 Å². The molecule has 0 aliphatic heterocycles. The number of ether oxygens (including phenoxy) is 1. The van der Waals surface area contributed by atoms with Crippen molar-refractivity contribution in [2.45, 2.75) is 45.4 Å². The minimum absolute atomic E-state index is 0.428. The first-order valence-electron chi connectivity index (χ1n) is 7.25. The molecular weight excluding hydrogens is 254 g/mol. The van der Waals surface area contributed by atoms with Crippen molar-refractivity contribution in [3.05, 3.63) is 29.8 Å². The highest BCUT2D eigenvalue weighted by molar-refractivity contribution is 7.99. The number of nitrogens with one attached hydrogen (secondary N) is 1. The number of rotatable bonds is 9. The fraction of sp³-hybridized carbons (Fsp3) is 0.625. The van der Waals surface area contributed by atoms with Crippen molar-refractivity contribution in [3.63, 3.8) is 0 Å². The Morgan fingerprint density at radius 3 is 2.37 bits per heavy atom. The van der Waals surface area contributed by atoms with E-state index in [0.717, 1.165) is 31.1 Å². The second kappa shape index (κ2) is 9.27. The van der Waals surface area contributed by atoms with Crippen molar-refractivity contribution in [2.24, 2.45) is 0 Å². The first-order chi connectivity index (χ1) is 9.17. The molecule has 1 rings (SSSR count). The van der Waals surface area contributed by atoms with Crippen LogP contribution in [0.1, 0.15) is 45.7 Å². The van der Waals surface area contributed by atoms with Gasteiger partial charge in [-0.3, -0.25) is 0 Å². The minimum Gasteiger partial charge on any atom is -0.494 e. The van der Waals surface area contributed by atoms with Gasteiger partial charge in [0, 0.05) is 11.8 Å². The number of hydrogen-bond donors (Lipinski definition) is 1. The smallest absolute Gasteiger partial charge is 0.119 e. The van der Waals surface area contributed by atoms with Crippen molar-refractivity contribution in [1.82, 2.24) is 5.32 Å². The predicted molar refractivity (Wildman–Crippen MR) is 86.2 cm³/mol. The highest BCUT2D eigenvalue weighted by atomic mass is 32.2. The van der Waals surface area contributed by atoms with Gasteiger partial charge in [0.25, 0.3) is 0 Å². The van der Waals surface area contributed by atoms with E-state index in [1.165, 1.54) is 5.56 Å². The molecule has 0 radical (unpaired) electrons. The Kier molecular flexibility index (Phi) is 7.99. The van der Waals surface area contributed by atoms with Crippen molar-refractivity contribution in [2.75, 3.05) is 18.9 Å². The molecule has 1 unspecified atom stereocenters. The first-order valence-corrected chi connectivity index (χ1v) is 8.30. The maximum Gasteiger partial charge on any atom is 0.119 e. The molecule has 108 valence electrons. The zero-order valence-electron chi connectivity index (χ0n) is 12.6. The summed E-state index contributed by atoms with van der Waals surface area (Å²) >= 11 is 2.00. The summed E-state index contributed by atoms with van der Waals surface area (Å²) < 4.78 is 5.62. The molecule has 1 aromatic rings. The van der Waals surface area contributed by atoms with Crippen LogP contribution in [0.15, 0.2) is 24.3 Å². The summed E-state index contributed by atoms with van der Waals surface area (Å²) in [6.07, 6.45) is 1.05. The van der Waals surface area contributed by atoms with Gasteiger partial charge in [-0.2, -0.15) is 11.8 Å². The van der Waals surface area contributed by atoms with Gasteiger partial charge in [-0.05, 0) is 35.9 Å². The predicted octanol–water partition coefficient (Wildman–Crippen LogP) is 4.27. The van der Waals surface area contributed by atoms with Crippen LogP contribution in [-0.2, 0) is 0 Å². The highest BCUT2D eigenvalue weighted by Gasteiger charge is 2.11. The van der Waals surface area contributed by atoms with Gasteiger partial charge in [-0.25, -0.2) is 0 Å². The summed E-state index contributed by atoms with van der Waals surface area (Å²) in [7, 11) is 0. The Balaban J connectivity index is 2.62. The van der Waals surface area contributed by atoms with E-state index < -0.39 is 0 Å². The van der Waals surface area contributed by atoms with Crippen LogP contribution in [0.3, 0.4) is 0 Å². The maximum atomic E-state index is 5.62. The zero-order chi connectivity index (χ0) is 14.1. The second-order valence-electron chi connectivity index (χ2n) is 4.91. The maximum absolute atomic E-state index is 5.62. The lowest BCUT2D eigenvalue weighted by Crippen LogP contribution is -2.23. The Morgan fingerprint density at radius 2 is 1.84 bits per heavy atom. The van der Waals surface area contributed by atoms with E-state index in [2.05, 4.69) is 57.3 Å². The average molecular weight is 281 g/mol. The Labute approximate surface area is 122 Å². The molecule has 0 spiro atoms. The molecule has 2 nitrogen and oxygen atoms in total.